The first-order valence-corrected chi connectivity index (χ1v) is 6.92. The van der Waals surface area contributed by atoms with E-state index in [1.807, 2.05) is 6.26 Å². The Kier molecular flexibility index (Phi) is 4.70. The Bertz CT molecular complexity index is 586. The van der Waals surface area contributed by atoms with Crippen LogP contribution in [0, 0.1) is 11.6 Å². The van der Waals surface area contributed by atoms with Gasteiger partial charge in [-0.25, -0.2) is 24.6 Å². The quantitative estimate of drug-likeness (QED) is 0.340. The topological polar surface area (TPSA) is 75.9 Å². The molecule has 106 valence electrons. The largest absolute Gasteiger partial charge is 0.366 e. The minimum Gasteiger partial charge on any atom is -0.366 e. The highest BCUT2D eigenvalue weighted by atomic mass is 32.2. The zero-order valence-corrected chi connectivity index (χ0v) is 11.5. The van der Waals surface area contributed by atoms with Crippen molar-refractivity contribution in [3.05, 3.63) is 41.5 Å². The van der Waals surface area contributed by atoms with Crippen LogP contribution in [0.2, 0.25) is 0 Å². The number of hydrazine groups is 1. The number of aromatic nitrogens is 2. The van der Waals surface area contributed by atoms with Gasteiger partial charge < -0.3 is 10.7 Å². The molecule has 8 heteroatoms. The van der Waals surface area contributed by atoms with Crippen molar-refractivity contribution in [1.82, 2.24) is 9.97 Å². The predicted octanol–water partition coefficient (Wildman–Crippen LogP) is 2.37. The van der Waals surface area contributed by atoms with Crippen molar-refractivity contribution in [3.8, 4) is 0 Å². The molecule has 0 aliphatic heterocycles. The molecule has 1 heterocycles. The lowest BCUT2D eigenvalue weighted by Gasteiger charge is -2.09. The van der Waals surface area contributed by atoms with E-state index in [0.717, 1.165) is 12.1 Å². The van der Waals surface area contributed by atoms with Gasteiger partial charge in [0.05, 0.1) is 0 Å². The monoisotopic (exact) mass is 297 g/mol. The number of nitrogen functional groups attached to an aromatic ring is 1. The fourth-order valence-electron chi connectivity index (χ4n) is 1.52. The molecule has 1 aromatic carbocycles. The van der Waals surface area contributed by atoms with Crippen LogP contribution >= 0.6 is 11.8 Å². The molecule has 0 spiro atoms. The number of nitrogens with two attached hydrogens (primary N) is 1. The molecule has 4 N–H and O–H groups in total. The Balaban J connectivity index is 2.11. The summed E-state index contributed by atoms with van der Waals surface area (Å²) in [6, 6.07) is 5.36. The molecule has 2 aromatic rings. The van der Waals surface area contributed by atoms with Crippen molar-refractivity contribution in [2.45, 2.75) is 11.7 Å². The van der Waals surface area contributed by atoms with Crippen LogP contribution in [0.15, 0.2) is 29.4 Å². The minimum absolute atomic E-state index is 0.312. The zero-order chi connectivity index (χ0) is 14.5. The maximum absolute atomic E-state index is 13.1. The van der Waals surface area contributed by atoms with E-state index in [2.05, 4.69) is 20.7 Å². The molecule has 0 radical (unpaired) electrons. The van der Waals surface area contributed by atoms with Crippen LogP contribution in [-0.2, 0) is 6.54 Å². The second-order valence-corrected chi connectivity index (χ2v) is 4.64. The Morgan fingerprint density at radius 2 is 1.90 bits per heavy atom. The average molecular weight is 297 g/mol. The second kappa shape index (κ2) is 6.49. The normalized spacial score (nSPS) is 10.4. The molecule has 0 aliphatic rings. The predicted molar refractivity (Wildman–Crippen MR) is 75.3 cm³/mol. The molecule has 2 rings (SSSR count). The van der Waals surface area contributed by atoms with Crippen molar-refractivity contribution in [1.29, 1.82) is 0 Å². The van der Waals surface area contributed by atoms with Gasteiger partial charge in [0.1, 0.15) is 11.6 Å². The van der Waals surface area contributed by atoms with Gasteiger partial charge in [0.15, 0.2) is 16.8 Å². The maximum Gasteiger partial charge on any atom is 0.191 e. The van der Waals surface area contributed by atoms with Crippen molar-refractivity contribution in [2.24, 2.45) is 5.84 Å². The van der Waals surface area contributed by atoms with Gasteiger partial charge in [-0.2, -0.15) is 0 Å². The first-order valence-electron chi connectivity index (χ1n) is 5.70. The van der Waals surface area contributed by atoms with Gasteiger partial charge in [0, 0.05) is 12.6 Å². The fourth-order valence-corrected chi connectivity index (χ4v) is 1.90. The second-order valence-electron chi connectivity index (χ2n) is 3.87. The third-order valence-electron chi connectivity index (χ3n) is 2.49. The third-order valence-corrected chi connectivity index (χ3v) is 3.04. The molecule has 0 saturated carbocycles. The van der Waals surface area contributed by atoms with Gasteiger partial charge in [-0.1, -0.05) is 17.8 Å². The number of nitrogens with one attached hydrogen (secondary N) is 2. The fraction of sp³-hybridized carbons (Fsp3) is 0.167. The highest BCUT2D eigenvalue weighted by Gasteiger charge is 2.05. The van der Waals surface area contributed by atoms with Gasteiger partial charge in [0.25, 0.3) is 0 Å². The summed E-state index contributed by atoms with van der Waals surface area (Å²) < 4.78 is 25.9. The molecule has 0 fully saturated rings. The number of nitrogens with zero attached hydrogens (tertiary/aromatic N) is 2. The van der Waals surface area contributed by atoms with Crippen LogP contribution in [0.4, 0.5) is 20.4 Å². The highest BCUT2D eigenvalue weighted by Crippen LogP contribution is 2.17. The average Bonchev–Trinajstić information content (AvgIpc) is 2.48. The molecule has 0 aliphatic carbocycles. The first kappa shape index (κ1) is 14.5. The minimum atomic E-state index is -0.874. The van der Waals surface area contributed by atoms with Crippen LogP contribution in [0.3, 0.4) is 0 Å². The number of hydrogen-bond donors (Lipinski definition) is 3. The molecule has 0 bridgehead atoms. The maximum atomic E-state index is 13.1. The summed E-state index contributed by atoms with van der Waals surface area (Å²) in [5, 5.41) is 3.56. The SMILES string of the molecule is CSc1nc(NN)cc(NCc2ccc(F)c(F)c2)n1. The Hall–Kier alpha value is -1.93. The van der Waals surface area contributed by atoms with E-state index >= 15 is 0 Å². The molecule has 0 atom stereocenters. The Morgan fingerprint density at radius 3 is 2.55 bits per heavy atom. The number of thioether (sulfide) groups is 1. The van der Waals surface area contributed by atoms with Crippen LogP contribution < -0.4 is 16.6 Å². The van der Waals surface area contributed by atoms with Gasteiger partial charge in [-0.3, -0.25) is 0 Å². The van der Waals surface area contributed by atoms with Gasteiger partial charge in [-0.15, -0.1) is 0 Å². The summed E-state index contributed by atoms with van der Waals surface area (Å²) in [5.74, 6) is 4.59. The molecular formula is C12H13F2N5S. The van der Waals surface area contributed by atoms with Crippen molar-refractivity contribution in [2.75, 3.05) is 17.0 Å². The summed E-state index contributed by atoms with van der Waals surface area (Å²) in [5.41, 5.74) is 3.05. The summed E-state index contributed by atoms with van der Waals surface area (Å²) in [6.07, 6.45) is 1.84. The van der Waals surface area contributed by atoms with E-state index in [-0.39, 0.29) is 0 Å². The molecular weight excluding hydrogens is 284 g/mol. The number of benzene rings is 1. The zero-order valence-electron chi connectivity index (χ0n) is 10.7. The van der Waals surface area contributed by atoms with Gasteiger partial charge >= 0.3 is 0 Å². The Labute approximate surface area is 119 Å². The van der Waals surface area contributed by atoms with E-state index in [9.17, 15) is 8.78 Å². The molecule has 0 amide bonds. The summed E-state index contributed by atoms with van der Waals surface area (Å²) in [7, 11) is 0. The number of halogens is 2. The third kappa shape index (κ3) is 3.55. The first-order chi connectivity index (χ1) is 9.62. The van der Waals surface area contributed by atoms with Crippen LogP contribution in [-0.4, -0.2) is 16.2 Å². The smallest absolute Gasteiger partial charge is 0.191 e. The summed E-state index contributed by atoms with van der Waals surface area (Å²) in [4.78, 5) is 8.35. The van der Waals surface area contributed by atoms with E-state index in [4.69, 9.17) is 5.84 Å². The van der Waals surface area contributed by atoms with Crippen LogP contribution in [0.5, 0.6) is 0 Å². The number of anilines is 2. The van der Waals surface area contributed by atoms with Gasteiger partial charge in [-0.05, 0) is 24.0 Å². The number of rotatable bonds is 5. The molecule has 0 unspecified atom stereocenters. The molecule has 1 aromatic heterocycles. The van der Waals surface area contributed by atoms with E-state index in [1.165, 1.54) is 17.8 Å². The molecule has 20 heavy (non-hydrogen) atoms. The summed E-state index contributed by atoms with van der Waals surface area (Å²) >= 11 is 1.37. The standard InChI is InChI=1S/C12H13F2N5S/c1-20-12-17-10(5-11(18-12)19-15)16-6-7-2-3-8(13)9(14)4-7/h2-5H,6,15H2,1H3,(H2,16,17,18,19). The lowest BCUT2D eigenvalue weighted by molar-refractivity contribution is 0.507. The van der Waals surface area contributed by atoms with E-state index in [0.29, 0.717) is 28.9 Å². The van der Waals surface area contributed by atoms with Crippen LogP contribution in [0.25, 0.3) is 0 Å². The van der Waals surface area contributed by atoms with Crippen molar-refractivity contribution < 1.29 is 8.78 Å². The highest BCUT2D eigenvalue weighted by molar-refractivity contribution is 7.98. The Morgan fingerprint density at radius 1 is 1.15 bits per heavy atom. The lowest BCUT2D eigenvalue weighted by atomic mass is 10.2. The lowest BCUT2D eigenvalue weighted by Crippen LogP contribution is -2.11. The van der Waals surface area contributed by atoms with Crippen molar-refractivity contribution >= 4 is 23.4 Å². The van der Waals surface area contributed by atoms with Crippen LogP contribution in [0.1, 0.15) is 5.56 Å². The summed E-state index contributed by atoms with van der Waals surface area (Å²) in [6.45, 7) is 0.312. The van der Waals surface area contributed by atoms with E-state index in [1.54, 1.807) is 6.07 Å². The molecule has 5 nitrogen and oxygen atoms in total. The van der Waals surface area contributed by atoms with Crippen molar-refractivity contribution in [3.63, 3.8) is 0 Å². The van der Waals surface area contributed by atoms with E-state index < -0.39 is 11.6 Å². The molecule has 0 saturated heterocycles. The number of hydrogen-bond acceptors (Lipinski definition) is 6. The van der Waals surface area contributed by atoms with Gasteiger partial charge in [0.2, 0.25) is 0 Å².